The lowest BCUT2D eigenvalue weighted by atomic mass is 9.76. The van der Waals surface area contributed by atoms with Gasteiger partial charge in [-0.25, -0.2) is 4.39 Å². The first-order valence-corrected chi connectivity index (χ1v) is 9.75. The van der Waals surface area contributed by atoms with Gasteiger partial charge in [0.15, 0.2) is 6.29 Å². The van der Waals surface area contributed by atoms with Crippen LogP contribution in [-0.2, 0) is 25.5 Å². The molecular formula is C21H27FO5. The van der Waals surface area contributed by atoms with Gasteiger partial charge in [-0.1, -0.05) is 25.0 Å². The zero-order chi connectivity index (χ0) is 19.4. The number of benzene rings is 1. The maximum Gasteiger partial charge on any atom is 0.313 e. The number of aliphatic hydroxyl groups excluding tert-OH is 1. The lowest BCUT2D eigenvalue weighted by molar-refractivity contribution is -0.178. The van der Waals surface area contributed by atoms with E-state index < -0.39 is 23.7 Å². The number of ether oxygens (including phenoxy) is 2. The summed E-state index contributed by atoms with van der Waals surface area (Å²) in [7, 11) is 0. The van der Waals surface area contributed by atoms with Gasteiger partial charge in [0.1, 0.15) is 23.6 Å². The van der Waals surface area contributed by atoms with Gasteiger partial charge in [-0.3, -0.25) is 9.59 Å². The Bertz CT molecular complexity index is 680. The molecule has 1 saturated carbocycles. The lowest BCUT2D eigenvalue weighted by Crippen LogP contribution is -2.48. The number of carbonyl (C=O) groups is 2. The van der Waals surface area contributed by atoms with Crippen molar-refractivity contribution in [2.24, 2.45) is 5.92 Å². The molecule has 27 heavy (non-hydrogen) atoms. The third-order valence-electron chi connectivity index (χ3n) is 5.75. The highest BCUT2D eigenvalue weighted by molar-refractivity contribution is 5.98. The maximum atomic E-state index is 14.3. The van der Waals surface area contributed by atoms with Gasteiger partial charge in [-0.2, -0.15) is 0 Å². The number of ketones is 1. The van der Waals surface area contributed by atoms with Gasteiger partial charge < -0.3 is 14.6 Å². The molecule has 0 radical (unpaired) electrons. The normalized spacial score (nSPS) is 24.9. The predicted octanol–water partition coefficient (Wildman–Crippen LogP) is 3.62. The Morgan fingerprint density at radius 2 is 2.07 bits per heavy atom. The Morgan fingerprint density at radius 3 is 2.70 bits per heavy atom. The van der Waals surface area contributed by atoms with Crippen molar-refractivity contribution >= 4 is 11.8 Å². The van der Waals surface area contributed by atoms with Gasteiger partial charge in [0.05, 0.1) is 0 Å². The number of cyclic esters (lactones) is 1. The molecule has 1 aromatic rings. The summed E-state index contributed by atoms with van der Waals surface area (Å²) in [5.41, 5.74) is 0.0832. The molecule has 2 unspecified atom stereocenters. The summed E-state index contributed by atoms with van der Waals surface area (Å²) < 4.78 is 25.1. The smallest absolute Gasteiger partial charge is 0.313 e. The molecule has 0 bridgehead atoms. The minimum Gasteiger partial charge on any atom is -0.458 e. The van der Waals surface area contributed by atoms with Crippen LogP contribution in [0.3, 0.4) is 0 Å². The Labute approximate surface area is 158 Å². The Morgan fingerprint density at radius 1 is 1.33 bits per heavy atom. The zero-order valence-corrected chi connectivity index (χ0v) is 15.7. The molecule has 2 aliphatic rings. The average Bonchev–Trinajstić information content (AvgIpc) is 3.15. The van der Waals surface area contributed by atoms with Crippen LogP contribution in [0.2, 0.25) is 0 Å². The average molecular weight is 378 g/mol. The molecule has 0 aromatic heterocycles. The van der Waals surface area contributed by atoms with E-state index in [0.717, 1.165) is 31.2 Å². The van der Waals surface area contributed by atoms with Crippen molar-refractivity contribution in [1.82, 2.24) is 0 Å². The van der Waals surface area contributed by atoms with E-state index in [-0.39, 0.29) is 36.7 Å². The number of esters is 1. The molecular weight excluding hydrogens is 351 g/mol. The standard InChI is InChI=1S/C21H27FO5/c1-2-26-20(25)17-8-7-14(11-18(17)22)9-10-21(15-5-3-4-6-15)13-16(23)12-19(24)27-21/h7-8,11,15,20,25H,2-6,9-10,12-13H2,1H3. The van der Waals surface area contributed by atoms with Crippen molar-refractivity contribution in [3.05, 3.63) is 35.1 Å². The predicted molar refractivity (Wildman–Crippen MR) is 96.3 cm³/mol. The summed E-state index contributed by atoms with van der Waals surface area (Å²) in [6, 6.07) is 4.65. The fraction of sp³-hybridized carbons (Fsp3) is 0.619. The second kappa shape index (κ2) is 8.48. The Balaban J connectivity index is 1.74. The van der Waals surface area contributed by atoms with Gasteiger partial charge in [-0.15, -0.1) is 0 Å². The minimum absolute atomic E-state index is 0.0699. The summed E-state index contributed by atoms with van der Waals surface area (Å²) >= 11 is 0. The van der Waals surface area contributed by atoms with E-state index in [1.165, 1.54) is 12.1 Å². The quantitative estimate of drug-likeness (QED) is 0.446. The molecule has 0 amide bonds. The zero-order valence-electron chi connectivity index (χ0n) is 15.7. The van der Waals surface area contributed by atoms with Crippen molar-refractivity contribution in [1.29, 1.82) is 0 Å². The number of halogens is 1. The second-order valence-electron chi connectivity index (χ2n) is 7.58. The van der Waals surface area contributed by atoms with Crippen LogP contribution in [0.4, 0.5) is 4.39 Å². The minimum atomic E-state index is -1.29. The van der Waals surface area contributed by atoms with Gasteiger partial charge in [0.2, 0.25) is 0 Å². The third kappa shape index (κ3) is 4.55. The second-order valence-corrected chi connectivity index (χ2v) is 7.58. The van der Waals surface area contributed by atoms with Gasteiger partial charge in [-0.05, 0) is 50.2 Å². The van der Waals surface area contributed by atoms with E-state index in [4.69, 9.17) is 9.47 Å². The lowest BCUT2D eigenvalue weighted by Gasteiger charge is -2.41. The van der Waals surface area contributed by atoms with Crippen LogP contribution in [-0.4, -0.2) is 29.1 Å². The summed E-state index contributed by atoms with van der Waals surface area (Å²) in [6.45, 7) is 2.01. The fourth-order valence-corrected chi connectivity index (χ4v) is 4.41. The van der Waals surface area contributed by atoms with Crippen molar-refractivity contribution < 1.29 is 28.6 Å². The first-order chi connectivity index (χ1) is 12.9. The molecule has 1 aromatic carbocycles. The molecule has 1 aliphatic carbocycles. The highest BCUT2D eigenvalue weighted by atomic mass is 19.1. The first-order valence-electron chi connectivity index (χ1n) is 9.75. The van der Waals surface area contributed by atoms with E-state index in [9.17, 15) is 19.1 Å². The SMILES string of the molecule is CCOC(O)c1ccc(CCC2(C3CCCC3)CC(=O)CC(=O)O2)cc1F. The van der Waals surface area contributed by atoms with Crippen molar-refractivity contribution in [2.45, 2.75) is 70.2 Å². The summed E-state index contributed by atoms with van der Waals surface area (Å²) in [5, 5.41) is 9.81. The number of carbonyl (C=O) groups excluding carboxylic acids is 2. The molecule has 3 rings (SSSR count). The Hall–Kier alpha value is -1.79. The topological polar surface area (TPSA) is 72.8 Å². The van der Waals surface area contributed by atoms with Crippen LogP contribution in [0.5, 0.6) is 0 Å². The van der Waals surface area contributed by atoms with Crippen LogP contribution >= 0.6 is 0 Å². The molecule has 1 heterocycles. The first kappa shape index (κ1) is 20.0. The largest absolute Gasteiger partial charge is 0.458 e. The summed E-state index contributed by atoms with van der Waals surface area (Å²) in [6.07, 6.45) is 3.89. The van der Waals surface area contributed by atoms with Crippen molar-refractivity contribution in [2.75, 3.05) is 6.61 Å². The Kier molecular flexibility index (Phi) is 6.27. The van der Waals surface area contributed by atoms with Gasteiger partial charge in [0, 0.05) is 18.6 Å². The molecule has 6 heteroatoms. The van der Waals surface area contributed by atoms with Crippen molar-refractivity contribution in [3.63, 3.8) is 0 Å². The van der Waals surface area contributed by atoms with Crippen LogP contribution < -0.4 is 0 Å². The van der Waals surface area contributed by atoms with Crippen molar-refractivity contribution in [3.8, 4) is 0 Å². The molecule has 2 atom stereocenters. The monoisotopic (exact) mass is 378 g/mol. The summed E-state index contributed by atoms with van der Waals surface area (Å²) in [5.74, 6) is -0.853. The van der Waals surface area contributed by atoms with Crippen LogP contribution in [0.15, 0.2) is 18.2 Å². The molecule has 5 nitrogen and oxygen atoms in total. The van der Waals surface area contributed by atoms with E-state index in [1.807, 2.05) is 0 Å². The van der Waals surface area contributed by atoms with E-state index in [1.54, 1.807) is 13.0 Å². The number of aliphatic hydroxyl groups is 1. The summed E-state index contributed by atoms with van der Waals surface area (Å²) in [4.78, 5) is 24.0. The van der Waals surface area contributed by atoms with Crippen LogP contribution in [0.1, 0.15) is 69.3 Å². The van der Waals surface area contributed by atoms with E-state index in [2.05, 4.69) is 0 Å². The highest BCUT2D eigenvalue weighted by Gasteiger charge is 2.47. The van der Waals surface area contributed by atoms with Gasteiger partial charge >= 0.3 is 5.97 Å². The maximum absolute atomic E-state index is 14.3. The fourth-order valence-electron chi connectivity index (χ4n) is 4.41. The van der Waals surface area contributed by atoms with E-state index in [0.29, 0.717) is 12.8 Å². The third-order valence-corrected chi connectivity index (χ3v) is 5.75. The van der Waals surface area contributed by atoms with Gasteiger partial charge in [0.25, 0.3) is 0 Å². The number of Topliss-reactive ketones (excluding diaryl/α,β-unsaturated/α-hetero) is 1. The van der Waals surface area contributed by atoms with Crippen LogP contribution in [0.25, 0.3) is 0 Å². The molecule has 148 valence electrons. The highest BCUT2D eigenvalue weighted by Crippen LogP contribution is 2.44. The number of hydrogen-bond donors (Lipinski definition) is 1. The molecule has 1 aliphatic heterocycles. The number of rotatable bonds is 7. The van der Waals surface area contributed by atoms with Crippen LogP contribution in [0, 0.1) is 11.7 Å². The molecule has 1 saturated heterocycles. The number of aryl methyl sites for hydroxylation is 1. The number of hydrogen-bond acceptors (Lipinski definition) is 5. The molecule has 0 spiro atoms. The molecule has 2 fully saturated rings. The van der Waals surface area contributed by atoms with E-state index >= 15 is 0 Å². The molecule has 1 N–H and O–H groups in total.